The van der Waals surface area contributed by atoms with Crippen LogP contribution in [-0.4, -0.2) is 22.1 Å². The Kier molecular flexibility index (Phi) is 3.36. The van der Waals surface area contributed by atoms with Crippen molar-refractivity contribution in [1.82, 2.24) is 9.55 Å². The fraction of sp³-hybridized carbons (Fsp3) is 0.273. The van der Waals surface area contributed by atoms with Crippen molar-refractivity contribution in [2.75, 3.05) is 6.61 Å². The number of hydrogen-bond donors (Lipinski definition) is 1. The molecule has 5 heteroatoms. The summed E-state index contributed by atoms with van der Waals surface area (Å²) in [5.74, 6) is 0.704. The van der Waals surface area contributed by atoms with Gasteiger partial charge in [-0.15, -0.1) is 0 Å². The molecule has 2 aromatic heterocycles. The Hall–Kier alpha value is -1.62. The van der Waals surface area contributed by atoms with E-state index in [1.165, 1.54) is 5.56 Å². The second-order valence-corrected chi connectivity index (χ2v) is 4.05. The van der Waals surface area contributed by atoms with Crippen LogP contribution in [0.25, 0.3) is 0 Å². The zero-order chi connectivity index (χ0) is 11.4. The van der Waals surface area contributed by atoms with E-state index in [0.717, 1.165) is 6.54 Å². The predicted molar refractivity (Wildman–Crippen MR) is 64.1 cm³/mol. The lowest BCUT2D eigenvalue weighted by Crippen LogP contribution is -2.13. The molecule has 1 N–H and O–H groups in total. The Morgan fingerprint density at radius 1 is 1.62 bits per heavy atom. The van der Waals surface area contributed by atoms with Gasteiger partial charge < -0.3 is 9.30 Å². The van der Waals surface area contributed by atoms with Gasteiger partial charge in [-0.3, -0.25) is 5.41 Å². The third-order valence-electron chi connectivity index (χ3n) is 2.14. The molecule has 84 valence electrons. The number of nitrogens with zero attached hydrogens (tertiary/aromatic N) is 2. The van der Waals surface area contributed by atoms with Gasteiger partial charge >= 0.3 is 0 Å². The van der Waals surface area contributed by atoms with Crippen molar-refractivity contribution >= 4 is 17.2 Å². The lowest BCUT2D eigenvalue weighted by atomic mass is 10.3. The van der Waals surface area contributed by atoms with Crippen LogP contribution < -0.4 is 0 Å². The molecule has 0 aliphatic heterocycles. The molecule has 0 bridgehead atoms. The average molecular weight is 235 g/mol. The molecule has 0 fully saturated rings. The summed E-state index contributed by atoms with van der Waals surface area (Å²) in [7, 11) is 0. The second-order valence-electron chi connectivity index (χ2n) is 3.27. The summed E-state index contributed by atoms with van der Waals surface area (Å²) in [5.41, 5.74) is 1.22. The second kappa shape index (κ2) is 4.94. The third-order valence-corrected chi connectivity index (χ3v) is 2.87. The van der Waals surface area contributed by atoms with Crippen molar-refractivity contribution in [2.24, 2.45) is 0 Å². The van der Waals surface area contributed by atoms with E-state index in [1.54, 1.807) is 17.5 Å². The highest BCUT2D eigenvalue weighted by atomic mass is 32.1. The molecular weight excluding hydrogens is 222 g/mol. The quantitative estimate of drug-likeness (QED) is 0.653. The smallest absolute Gasteiger partial charge is 0.250 e. The SMILES string of the molecule is CCOC(=N)c1nccn1Cc1ccsc1. The fourth-order valence-electron chi connectivity index (χ4n) is 1.43. The van der Waals surface area contributed by atoms with E-state index in [2.05, 4.69) is 16.4 Å². The van der Waals surface area contributed by atoms with E-state index in [9.17, 15) is 0 Å². The molecule has 0 amide bonds. The van der Waals surface area contributed by atoms with Crippen molar-refractivity contribution in [3.05, 3.63) is 40.6 Å². The largest absolute Gasteiger partial charge is 0.476 e. The van der Waals surface area contributed by atoms with Crippen LogP contribution in [0.1, 0.15) is 18.3 Å². The first kappa shape index (κ1) is 10.9. The van der Waals surface area contributed by atoms with Crippen molar-refractivity contribution in [3.63, 3.8) is 0 Å². The van der Waals surface area contributed by atoms with Gasteiger partial charge in [-0.25, -0.2) is 4.98 Å². The predicted octanol–water partition coefficient (Wildman–Crippen LogP) is 2.35. The number of hydrogen-bond acceptors (Lipinski definition) is 4. The Balaban J connectivity index is 2.16. The van der Waals surface area contributed by atoms with Gasteiger partial charge in [0.25, 0.3) is 0 Å². The van der Waals surface area contributed by atoms with E-state index < -0.39 is 0 Å². The van der Waals surface area contributed by atoms with Gasteiger partial charge in [0.1, 0.15) is 0 Å². The minimum absolute atomic E-state index is 0.128. The molecule has 0 aromatic carbocycles. The van der Waals surface area contributed by atoms with Gasteiger partial charge in [0.2, 0.25) is 5.90 Å². The van der Waals surface area contributed by atoms with Crippen LogP contribution in [0.4, 0.5) is 0 Å². The molecule has 0 saturated carbocycles. The molecular formula is C11H13N3OS. The molecule has 0 aliphatic carbocycles. The number of aromatic nitrogens is 2. The fourth-order valence-corrected chi connectivity index (χ4v) is 2.09. The van der Waals surface area contributed by atoms with Crippen LogP contribution in [0.2, 0.25) is 0 Å². The zero-order valence-corrected chi connectivity index (χ0v) is 9.83. The van der Waals surface area contributed by atoms with Gasteiger partial charge in [0.05, 0.1) is 13.2 Å². The van der Waals surface area contributed by atoms with Gasteiger partial charge in [-0.05, 0) is 29.3 Å². The molecule has 0 unspecified atom stereocenters. The Labute approximate surface area is 98.0 Å². The molecule has 2 aromatic rings. The van der Waals surface area contributed by atoms with Crippen LogP contribution in [0.3, 0.4) is 0 Å². The van der Waals surface area contributed by atoms with Gasteiger partial charge in [-0.2, -0.15) is 11.3 Å². The number of rotatable bonds is 4. The monoisotopic (exact) mass is 235 g/mol. The maximum absolute atomic E-state index is 7.71. The third kappa shape index (κ3) is 2.30. The molecule has 2 heterocycles. The minimum Gasteiger partial charge on any atom is -0.476 e. The Bertz CT molecular complexity index is 461. The lowest BCUT2D eigenvalue weighted by molar-refractivity contribution is 0.322. The molecule has 0 atom stereocenters. The van der Waals surface area contributed by atoms with E-state index in [4.69, 9.17) is 10.1 Å². The summed E-state index contributed by atoms with van der Waals surface area (Å²) in [6.45, 7) is 3.08. The Morgan fingerprint density at radius 3 is 3.19 bits per heavy atom. The molecule has 2 rings (SSSR count). The van der Waals surface area contributed by atoms with Crippen LogP contribution in [0, 0.1) is 5.41 Å². The van der Waals surface area contributed by atoms with Crippen LogP contribution in [0.15, 0.2) is 29.2 Å². The summed E-state index contributed by atoms with van der Waals surface area (Å²) >= 11 is 1.67. The molecule has 0 radical (unpaired) electrons. The van der Waals surface area contributed by atoms with Crippen molar-refractivity contribution < 1.29 is 4.74 Å². The average Bonchev–Trinajstić information content (AvgIpc) is 2.90. The molecule has 0 aliphatic rings. The van der Waals surface area contributed by atoms with Gasteiger partial charge in [-0.1, -0.05) is 0 Å². The first-order valence-electron chi connectivity index (χ1n) is 5.05. The molecule has 16 heavy (non-hydrogen) atoms. The number of nitrogens with one attached hydrogen (secondary N) is 1. The Morgan fingerprint density at radius 2 is 2.50 bits per heavy atom. The van der Waals surface area contributed by atoms with Crippen LogP contribution >= 0.6 is 11.3 Å². The van der Waals surface area contributed by atoms with Gasteiger partial charge in [0, 0.05) is 12.4 Å². The summed E-state index contributed by atoms with van der Waals surface area (Å²) < 4.78 is 7.07. The van der Waals surface area contributed by atoms with Crippen molar-refractivity contribution in [3.8, 4) is 0 Å². The first-order valence-corrected chi connectivity index (χ1v) is 5.99. The summed E-state index contributed by atoms with van der Waals surface area (Å²) in [5, 5.41) is 11.8. The van der Waals surface area contributed by atoms with Crippen LogP contribution in [0.5, 0.6) is 0 Å². The highest BCUT2D eigenvalue weighted by molar-refractivity contribution is 7.07. The summed E-state index contributed by atoms with van der Waals surface area (Å²) in [6, 6.07) is 2.07. The van der Waals surface area contributed by atoms with Crippen molar-refractivity contribution in [2.45, 2.75) is 13.5 Å². The van der Waals surface area contributed by atoms with E-state index >= 15 is 0 Å². The van der Waals surface area contributed by atoms with E-state index in [1.807, 2.05) is 23.1 Å². The minimum atomic E-state index is 0.128. The van der Waals surface area contributed by atoms with Gasteiger partial charge in [0.15, 0.2) is 5.82 Å². The number of ether oxygens (including phenoxy) is 1. The maximum Gasteiger partial charge on any atom is 0.250 e. The van der Waals surface area contributed by atoms with E-state index in [0.29, 0.717) is 12.4 Å². The lowest BCUT2D eigenvalue weighted by Gasteiger charge is -2.07. The molecule has 4 nitrogen and oxygen atoms in total. The topological polar surface area (TPSA) is 50.9 Å². The molecule has 0 spiro atoms. The number of thiophene rings is 1. The maximum atomic E-state index is 7.71. The highest BCUT2D eigenvalue weighted by Crippen LogP contribution is 2.10. The van der Waals surface area contributed by atoms with Crippen molar-refractivity contribution in [1.29, 1.82) is 5.41 Å². The van der Waals surface area contributed by atoms with Crippen LogP contribution in [-0.2, 0) is 11.3 Å². The first-order chi connectivity index (χ1) is 7.81. The number of imidazole rings is 1. The zero-order valence-electron chi connectivity index (χ0n) is 9.01. The highest BCUT2D eigenvalue weighted by Gasteiger charge is 2.10. The molecule has 0 saturated heterocycles. The summed E-state index contributed by atoms with van der Waals surface area (Å²) in [4.78, 5) is 4.13. The summed E-state index contributed by atoms with van der Waals surface area (Å²) in [6.07, 6.45) is 3.55. The van der Waals surface area contributed by atoms with E-state index in [-0.39, 0.29) is 5.90 Å². The standard InChI is InChI=1S/C11H13N3OS/c1-2-15-10(12)11-13-4-5-14(11)7-9-3-6-16-8-9/h3-6,8,12H,2,7H2,1H3. The normalized spacial score (nSPS) is 10.3.